The van der Waals surface area contributed by atoms with E-state index in [2.05, 4.69) is 0 Å². The van der Waals surface area contributed by atoms with E-state index in [1.54, 1.807) is 6.92 Å². The number of Topliss-reactive ketones (excluding diaryl/α,β-unsaturated/α-hetero) is 1. The maximum absolute atomic E-state index is 13.1. The molecule has 3 aliphatic carbocycles. The van der Waals surface area contributed by atoms with Crippen LogP contribution in [0.1, 0.15) is 44.6 Å². The van der Waals surface area contributed by atoms with Gasteiger partial charge < -0.3 is 0 Å². The molecule has 1 aromatic rings. The summed E-state index contributed by atoms with van der Waals surface area (Å²) in [6.07, 6.45) is 7.89. The first-order valence-corrected chi connectivity index (χ1v) is 9.25. The lowest BCUT2D eigenvalue weighted by Gasteiger charge is -2.47. The molecule has 0 amide bonds. The molecular formula is C22H21NO4. The molecule has 0 aliphatic heterocycles. The fourth-order valence-corrected chi connectivity index (χ4v) is 4.97. The fourth-order valence-electron chi connectivity index (χ4n) is 4.97. The SMILES string of the molecule is CC1=CC(=O)C2=CC=C3CC[C@H](c4ccc([N+](=O)[O-])cc4)C[C@@H]3[C@]2(C)C1=O. The molecule has 27 heavy (non-hydrogen) atoms. The first kappa shape index (κ1) is 17.6. The normalized spacial score (nSPS) is 29.9. The van der Waals surface area contributed by atoms with Crippen LogP contribution < -0.4 is 0 Å². The van der Waals surface area contributed by atoms with Crippen molar-refractivity contribution in [3.63, 3.8) is 0 Å². The third-order valence-electron chi connectivity index (χ3n) is 6.49. The lowest BCUT2D eigenvalue weighted by Crippen LogP contribution is -2.46. The van der Waals surface area contributed by atoms with Crippen molar-refractivity contribution in [2.45, 2.75) is 39.0 Å². The topological polar surface area (TPSA) is 77.3 Å². The number of nitro benzene ring substituents is 1. The molecule has 0 saturated heterocycles. The fraction of sp³-hybridized carbons (Fsp3) is 0.364. The molecule has 1 saturated carbocycles. The van der Waals surface area contributed by atoms with Gasteiger partial charge in [0.1, 0.15) is 0 Å². The molecule has 5 heteroatoms. The van der Waals surface area contributed by atoms with Crippen LogP contribution in [0.5, 0.6) is 0 Å². The molecule has 3 atom stereocenters. The van der Waals surface area contributed by atoms with Gasteiger partial charge in [0, 0.05) is 17.7 Å². The highest BCUT2D eigenvalue weighted by Crippen LogP contribution is 2.54. The highest BCUT2D eigenvalue weighted by atomic mass is 16.6. The zero-order valence-corrected chi connectivity index (χ0v) is 15.4. The number of carbonyl (C=O) groups is 2. The summed E-state index contributed by atoms with van der Waals surface area (Å²) in [6, 6.07) is 6.71. The standard InChI is InChI=1S/C22H21NO4/c1-13-11-20(24)18-10-7-15-3-4-16(12-19(15)22(18,2)21(13)25)14-5-8-17(9-6-14)23(26)27/h5-11,16,19H,3-4,12H2,1-2H3/t16-,19-,22+/m0/s1. The number of nitrogens with zero attached hydrogens (tertiary/aromatic N) is 1. The van der Waals surface area contributed by atoms with Gasteiger partial charge >= 0.3 is 0 Å². The van der Waals surface area contributed by atoms with Gasteiger partial charge in [-0.25, -0.2) is 0 Å². The number of hydrogen-bond donors (Lipinski definition) is 0. The number of nitro groups is 1. The first-order valence-electron chi connectivity index (χ1n) is 9.25. The molecular weight excluding hydrogens is 342 g/mol. The highest BCUT2D eigenvalue weighted by molar-refractivity contribution is 6.20. The molecule has 138 valence electrons. The van der Waals surface area contributed by atoms with E-state index in [9.17, 15) is 19.7 Å². The van der Waals surface area contributed by atoms with E-state index in [-0.39, 0.29) is 29.1 Å². The van der Waals surface area contributed by atoms with Gasteiger partial charge in [0.2, 0.25) is 0 Å². The van der Waals surface area contributed by atoms with E-state index >= 15 is 0 Å². The van der Waals surface area contributed by atoms with E-state index in [0.29, 0.717) is 11.1 Å². The number of hydrogen-bond acceptors (Lipinski definition) is 4. The third-order valence-corrected chi connectivity index (χ3v) is 6.49. The summed E-state index contributed by atoms with van der Waals surface area (Å²) in [5, 5.41) is 10.9. The van der Waals surface area contributed by atoms with E-state index in [1.807, 2.05) is 31.2 Å². The summed E-state index contributed by atoms with van der Waals surface area (Å²) in [4.78, 5) is 36.1. The van der Waals surface area contributed by atoms with E-state index < -0.39 is 10.3 Å². The Morgan fingerprint density at radius 1 is 1.15 bits per heavy atom. The Labute approximate surface area is 157 Å². The van der Waals surface area contributed by atoms with Crippen molar-refractivity contribution in [3.8, 4) is 0 Å². The number of non-ortho nitro benzene ring substituents is 1. The maximum atomic E-state index is 13.1. The summed E-state index contributed by atoms with van der Waals surface area (Å²) < 4.78 is 0. The summed E-state index contributed by atoms with van der Waals surface area (Å²) in [7, 11) is 0. The van der Waals surface area contributed by atoms with Gasteiger partial charge in [0.15, 0.2) is 11.6 Å². The molecule has 1 aromatic carbocycles. The van der Waals surface area contributed by atoms with Crippen molar-refractivity contribution < 1.29 is 14.5 Å². The van der Waals surface area contributed by atoms with Crippen molar-refractivity contribution in [2.24, 2.45) is 11.3 Å². The Morgan fingerprint density at radius 2 is 1.85 bits per heavy atom. The highest BCUT2D eigenvalue weighted by Gasteiger charge is 2.52. The van der Waals surface area contributed by atoms with Crippen LogP contribution in [0.3, 0.4) is 0 Å². The van der Waals surface area contributed by atoms with E-state index in [4.69, 9.17) is 0 Å². The van der Waals surface area contributed by atoms with Crippen molar-refractivity contribution in [1.29, 1.82) is 0 Å². The average molecular weight is 363 g/mol. The maximum Gasteiger partial charge on any atom is 0.269 e. The Morgan fingerprint density at radius 3 is 2.52 bits per heavy atom. The largest absolute Gasteiger partial charge is 0.294 e. The lowest BCUT2D eigenvalue weighted by atomic mass is 9.54. The summed E-state index contributed by atoms with van der Waals surface area (Å²) in [5.41, 5.74) is 2.68. The Kier molecular flexibility index (Phi) is 3.98. The van der Waals surface area contributed by atoms with Crippen LogP contribution in [0, 0.1) is 21.4 Å². The van der Waals surface area contributed by atoms with Crippen molar-refractivity contribution in [2.75, 3.05) is 0 Å². The van der Waals surface area contributed by atoms with Gasteiger partial charge in [0.25, 0.3) is 5.69 Å². The Balaban J connectivity index is 1.68. The molecule has 0 N–H and O–H groups in total. The van der Waals surface area contributed by atoms with Gasteiger partial charge in [-0.1, -0.05) is 29.9 Å². The minimum atomic E-state index is -0.806. The molecule has 3 aliphatic rings. The summed E-state index contributed by atoms with van der Waals surface area (Å²) in [5.74, 6) is 0.181. The molecule has 0 radical (unpaired) electrons. The van der Waals surface area contributed by atoms with Crippen molar-refractivity contribution in [3.05, 3.63) is 74.9 Å². The number of allylic oxidation sites excluding steroid dienone is 6. The molecule has 0 bridgehead atoms. The van der Waals surface area contributed by atoms with Crippen LogP contribution in [-0.2, 0) is 9.59 Å². The van der Waals surface area contributed by atoms with Gasteiger partial charge in [-0.15, -0.1) is 0 Å². The first-order chi connectivity index (χ1) is 12.8. The molecule has 0 heterocycles. The molecule has 0 spiro atoms. The van der Waals surface area contributed by atoms with Gasteiger partial charge in [-0.3, -0.25) is 19.7 Å². The zero-order valence-electron chi connectivity index (χ0n) is 15.4. The average Bonchev–Trinajstić information content (AvgIpc) is 2.66. The molecule has 4 rings (SSSR count). The predicted molar refractivity (Wildman–Crippen MR) is 101 cm³/mol. The van der Waals surface area contributed by atoms with Gasteiger partial charge in [-0.2, -0.15) is 0 Å². The summed E-state index contributed by atoms with van der Waals surface area (Å²) in [6.45, 7) is 3.63. The van der Waals surface area contributed by atoms with E-state index in [1.165, 1.54) is 23.8 Å². The predicted octanol–water partition coefficient (Wildman–Crippen LogP) is 4.45. The smallest absolute Gasteiger partial charge is 0.269 e. The van der Waals surface area contributed by atoms with Crippen LogP contribution in [-0.4, -0.2) is 16.5 Å². The number of benzene rings is 1. The van der Waals surface area contributed by atoms with E-state index in [0.717, 1.165) is 24.8 Å². The number of carbonyl (C=O) groups excluding carboxylic acids is 2. The molecule has 0 unspecified atom stereocenters. The molecule has 0 aromatic heterocycles. The van der Waals surface area contributed by atoms with Crippen LogP contribution >= 0.6 is 0 Å². The monoisotopic (exact) mass is 363 g/mol. The van der Waals surface area contributed by atoms with Crippen LogP contribution in [0.15, 0.2) is 59.2 Å². The van der Waals surface area contributed by atoms with Crippen LogP contribution in [0.2, 0.25) is 0 Å². The quantitative estimate of drug-likeness (QED) is 0.574. The number of ketones is 2. The number of rotatable bonds is 2. The lowest BCUT2D eigenvalue weighted by molar-refractivity contribution is -0.384. The zero-order chi connectivity index (χ0) is 19.3. The van der Waals surface area contributed by atoms with Gasteiger partial charge in [0.05, 0.1) is 10.3 Å². The van der Waals surface area contributed by atoms with Crippen molar-refractivity contribution in [1.82, 2.24) is 0 Å². The van der Waals surface area contributed by atoms with Gasteiger partial charge in [-0.05, 0) is 62.2 Å². The summed E-state index contributed by atoms with van der Waals surface area (Å²) >= 11 is 0. The Hall–Kier alpha value is -2.82. The third kappa shape index (κ3) is 2.60. The van der Waals surface area contributed by atoms with Crippen molar-refractivity contribution >= 4 is 17.3 Å². The number of fused-ring (bicyclic) bond motifs is 3. The molecule has 1 fully saturated rings. The minimum absolute atomic E-state index is 0.00783. The minimum Gasteiger partial charge on any atom is -0.294 e. The Bertz CT molecular complexity index is 951. The second-order valence-corrected chi connectivity index (χ2v) is 7.92. The molecule has 5 nitrogen and oxygen atoms in total. The van der Waals surface area contributed by atoms with Crippen LogP contribution in [0.25, 0.3) is 0 Å². The second kappa shape index (κ2) is 6.12. The second-order valence-electron chi connectivity index (χ2n) is 7.92. The van der Waals surface area contributed by atoms with Crippen LogP contribution in [0.4, 0.5) is 5.69 Å².